The Morgan fingerprint density at radius 2 is 1.19 bits per heavy atom. The molecule has 4 nitrogen and oxygen atoms in total. The van der Waals surface area contributed by atoms with Crippen LogP contribution in [0.25, 0.3) is 0 Å². The van der Waals surface area contributed by atoms with Crippen molar-refractivity contribution in [2.24, 2.45) is 0 Å². The van der Waals surface area contributed by atoms with E-state index in [1.807, 2.05) is 0 Å². The minimum absolute atomic E-state index is 0.171. The summed E-state index contributed by atoms with van der Waals surface area (Å²) in [5.74, 6) is -40.7. The van der Waals surface area contributed by atoms with Crippen LogP contribution in [0.3, 0.4) is 0 Å². The number of rotatable bonds is 10. The molecule has 0 rings (SSSR count). The van der Waals surface area contributed by atoms with Crippen LogP contribution in [0.1, 0.15) is 19.3 Å². The maximum Gasteiger partial charge on any atom is 0.460 e. The molecule has 0 fully saturated rings. The number of carboxylic acids is 1. The van der Waals surface area contributed by atoms with Gasteiger partial charge in [-0.25, -0.2) is 4.79 Å². The summed E-state index contributed by atoms with van der Waals surface area (Å²) in [4.78, 5) is 21.7. The average Bonchev–Trinajstić information content (AvgIpc) is 2.57. The predicted octanol–water partition coefficient (Wildman–Crippen LogP) is 5.08. The molecule has 0 heterocycles. The van der Waals surface area contributed by atoms with Gasteiger partial charge < -0.3 is 9.84 Å². The summed E-state index contributed by atoms with van der Waals surface area (Å²) in [5, 5.41) is 8.49. The standard InChI is InChI=1S/C14H11F13O4/c1-31-8(30)6(5-7(28)29)3-2-4-9(15,16)10(17,18)11(19,20)12(21,22)13(23,24)14(25,26)27/h3H,2,4-5H2,1H3,(H,28,29). The summed E-state index contributed by atoms with van der Waals surface area (Å²) in [6.07, 6.45) is -12.7. The molecule has 0 radical (unpaired) electrons. The van der Waals surface area contributed by atoms with Crippen molar-refractivity contribution in [1.82, 2.24) is 0 Å². The second kappa shape index (κ2) is 8.72. The van der Waals surface area contributed by atoms with Crippen LogP contribution in [-0.2, 0) is 14.3 Å². The Balaban J connectivity index is 5.99. The van der Waals surface area contributed by atoms with Gasteiger partial charge in [0.05, 0.1) is 13.5 Å². The van der Waals surface area contributed by atoms with Gasteiger partial charge in [-0.1, -0.05) is 6.08 Å². The summed E-state index contributed by atoms with van der Waals surface area (Å²) >= 11 is 0. The largest absolute Gasteiger partial charge is 0.481 e. The smallest absolute Gasteiger partial charge is 0.460 e. The molecule has 17 heteroatoms. The highest BCUT2D eigenvalue weighted by Gasteiger charge is 2.90. The molecule has 0 bridgehead atoms. The Bertz CT molecular complexity index is 709. The molecule has 0 atom stereocenters. The number of ether oxygens (including phenoxy) is 1. The topological polar surface area (TPSA) is 63.6 Å². The molecule has 0 aromatic rings. The van der Waals surface area contributed by atoms with Gasteiger partial charge in [-0.05, 0) is 6.42 Å². The highest BCUT2D eigenvalue weighted by atomic mass is 19.4. The lowest BCUT2D eigenvalue weighted by Crippen LogP contribution is -2.70. The van der Waals surface area contributed by atoms with E-state index >= 15 is 0 Å². The fourth-order valence-corrected chi connectivity index (χ4v) is 1.91. The number of alkyl halides is 13. The summed E-state index contributed by atoms with van der Waals surface area (Å²) in [6.45, 7) is 0. The molecule has 0 aromatic heterocycles. The van der Waals surface area contributed by atoms with Crippen LogP contribution in [-0.4, -0.2) is 59.9 Å². The first kappa shape index (κ1) is 28.8. The molecule has 0 aliphatic carbocycles. The van der Waals surface area contributed by atoms with Crippen molar-refractivity contribution >= 4 is 11.9 Å². The number of hydrogen-bond acceptors (Lipinski definition) is 3. The van der Waals surface area contributed by atoms with Gasteiger partial charge in [0.2, 0.25) is 0 Å². The number of halogens is 13. The van der Waals surface area contributed by atoms with Crippen molar-refractivity contribution in [3.8, 4) is 0 Å². The number of carbonyl (C=O) groups excluding carboxylic acids is 1. The molecule has 0 spiro atoms. The number of esters is 1. The summed E-state index contributed by atoms with van der Waals surface area (Å²) < 4.78 is 172. The number of aliphatic carboxylic acids is 1. The van der Waals surface area contributed by atoms with Crippen molar-refractivity contribution in [3.05, 3.63) is 11.6 Å². The monoisotopic (exact) mass is 490 g/mol. The van der Waals surface area contributed by atoms with E-state index in [1.165, 1.54) is 0 Å². The minimum Gasteiger partial charge on any atom is -0.481 e. The van der Waals surface area contributed by atoms with Crippen LogP contribution in [0.5, 0.6) is 0 Å². The van der Waals surface area contributed by atoms with E-state index < -0.39 is 72.6 Å². The lowest BCUT2D eigenvalue weighted by Gasteiger charge is -2.39. The summed E-state index contributed by atoms with van der Waals surface area (Å²) in [6, 6.07) is 0. The van der Waals surface area contributed by atoms with E-state index in [2.05, 4.69) is 4.74 Å². The first-order valence-corrected chi connectivity index (χ1v) is 7.46. The van der Waals surface area contributed by atoms with Crippen molar-refractivity contribution < 1.29 is 76.5 Å². The zero-order valence-electron chi connectivity index (χ0n) is 14.8. The van der Waals surface area contributed by atoms with E-state index in [4.69, 9.17) is 5.11 Å². The number of carboxylic acid groups (broad SMARTS) is 1. The third-order valence-corrected chi connectivity index (χ3v) is 3.64. The maximum atomic E-state index is 13.6. The lowest BCUT2D eigenvalue weighted by molar-refractivity contribution is -0.440. The zero-order chi connectivity index (χ0) is 25.3. The molecule has 0 saturated heterocycles. The Morgan fingerprint density at radius 3 is 1.55 bits per heavy atom. The van der Waals surface area contributed by atoms with Crippen molar-refractivity contribution in [1.29, 1.82) is 0 Å². The van der Waals surface area contributed by atoms with Crippen LogP contribution >= 0.6 is 0 Å². The third kappa shape index (κ3) is 5.16. The first-order chi connectivity index (χ1) is 13.5. The van der Waals surface area contributed by atoms with Gasteiger partial charge in [-0.2, -0.15) is 57.1 Å². The molecule has 31 heavy (non-hydrogen) atoms. The summed E-state index contributed by atoms with van der Waals surface area (Å²) in [5.41, 5.74) is -0.963. The SMILES string of the molecule is COC(=O)C(=CCCC(F)(F)C(F)(F)C(F)(F)C(F)(F)C(F)(F)C(F)(F)F)CC(=O)O. The predicted molar refractivity (Wildman–Crippen MR) is 72.4 cm³/mol. The highest BCUT2D eigenvalue weighted by Crippen LogP contribution is 2.60. The van der Waals surface area contributed by atoms with Gasteiger partial charge >= 0.3 is 47.7 Å². The number of carbonyl (C=O) groups is 2. The molecule has 0 amide bonds. The van der Waals surface area contributed by atoms with E-state index in [0.29, 0.717) is 7.11 Å². The van der Waals surface area contributed by atoms with Gasteiger partial charge in [-0.15, -0.1) is 0 Å². The molecule has 0 aliphatic rings. The minimum atomic E-state index is -8.00. The van der Waals surface area contributed by atoms with Gasteiger partial charge in [0.1, 0.15) is 0 Å². The van der Waals surface area contributed by atoms with E-state index in [-0.39, 0.29) is 6.08 Å². The second-order valence-corrected chi connectivity index (χ2v) is 5.83. The average molecular weight is 490 g/mol. The van der Waals surface area contributed by atoms with Crippen LogP contribution in [0.2, 0.25) is 0 Å². The Hall–Kier alpha value is -2.23. The molecule has 0 aromatic carbocycles. The number of allylic oxidation sites excluding steroid dienone is 1. The van der Waals surface area contributed by atoms with Crippen molar-refractivity contribution in [3.63, 3.8) is 0 Å². The Morgan fingerprint density at radius 1 is 0.774 bits per heavy atom. The fourth-order valence-electron chi connectivity index (χ4n) is 1.91. The van der Waals surface area contributed by atoms with Gasteiger partial charge in [0, 0.05) is 12.0 Å². The van der Waals surface area contributed by atoms with E-state index in [0.717, 1.165) is 0 Å². The molecule has 182 valence electrons. The normalized spacial score (nSPS) is 15.1. The second-order valence-electron chi connectivity index (χ2n) is 5.83. The Labute approximate surface area is 163 Å². The van der Waals surface area contributed by atoms with Gasteiger partial charge in [-0.3, -0.25) is 4.79 Å². The zero-order valence-corrected chi connectivity index (χ0v) is 14.8. The van der Waals surface area contributed by atoms with Crippen LogP contribution in [0.4, 0.5) is 57.1 Å². The lowest BCUT2D eigenvalue weighted by atomic mass is 9.91. The van der Waals surface area contributed by atoms with Crippen LogP contribution < -0.4 is 0 Å². The molecular formula is C14H11F13O4. The van der Waals surface area contributed by atoms with E-state index in [9.17, 15) is 66.7 Å². The maximum absolute atomic E-state index is 13.6. The van der Waals surface area contributed by atoms with Crippen molar-refractivity contribution in [2.75, 3.05) is 7.11 Å². The first-order valence-electron chi connectivity index (χ1n) is 7.46. The van der Waals surface area contributed by atoms with Gasteiger partial charge in [0.25, 0.3) is 0 Å². The Kier molecular flexibility index (Phi) is 8.09. The van der Waals surface area contributed by atoms with E-state index in [1.54, 1.807) is 0 Å². The quantitative estimate of drug-likeness (QED) is 0.264. The third-order valence-electron chi connectivity index (χ3n) is 3.64. The van der Waals surface area contributed by atoms with Crippen molar-refractivity contribution in [2.45, 2.75) is 55.1 Å². The molecule has 0 saturated carbocycles. The summed E-state index contributed by atoms with van der Waals surface area (Å²) in [7, 11) is 0.671. The van der Waals surface area contributed by atoms with Crippen LogP contribution in [0, 0.1) is 0 Å². The van der Waals surface area contributed by atoms with Crippen LogP contribution in [0.15, 0.2) is 11.6 Å². The van der Waals surface area contributed by atoms with Gasteiger partial charge in [0.15, 0.2) is 0 Å². The fraction of sp³-hybridized carbons (Fsp3) is 0.714. The highest BCUT2D eigenvalue weighted by molar-refractivity contribution is 5.93. The molecule has 1 N–H and O–H groups in total. The number of hydrogen-bond donors (Lipinski definition) is 1. The molecule has 0 aliphatic heterocycles. The molecular weight excluding hydrogens is 479 g/mol. The molecule has 0 unspecified atom stereocenters. The number of methoxy groups -OCH3 is 1.